The molecule has 9 heteroatoms. The van der Waals surface area contributed by atoms with Gasteiger partial charge in [-0.15, -0.1) is 11.3 Å². The van der Waals surface area contributed by atoms with E-state index in [1.807, 2.05) is 47.8 Å². The van der Waals surface area contributed by atoms with Crippen molar-refractivity contribution in [2.45, 2.75) is 12.5 Å². The van der Waals surface area contributed by atoms with Gasteiger partial charge in [0, 0.05) is 24.0 Å². The number of anilines is 1. The van der Waals surface area contributed by atoms with Crippen LogP contribution >= 0.6 is 11.3 Å². The van der Waals surface area contributed by atoms with Crippen LogP contribution < -0.4 is 14.4 Å². The summed E-state index contributed by atoms with van der Waals surface area (Å²) < 4.78 is 16.6. The van der Waals surface area contributed by atoms with Gasteiger partial charge in [0.15, 0.2) is 6.10 Å². The van der Waals surface area contributed by atoms with Crippen LogP contribution in [-0.2, 0) is 20.7 Å². The summed E-state index contributed by atoms with van der Waals surface area (Å²) in [7, 11) is 1.63. The minimum absolute atomic E-state index is 0.119. The molecule has 3 aromatic rings. The van der Waals surface area contributed by atoms with Crippen molar-refractivity contribution in [2.24, 2.45) is 0 Å². The maximum Gasteiger partial charge on any atom is 0.265 e. The minimum Gasteiger partial charge on any atom is -0.497 e. The summed E-state index contributed by atoms with van der Waals surface area (Å²) in [5.41, 5.74) is 2.34. The minimum atomic E-state index is -0.748. The van der Waals surface area contributed by atoms with Gasteiger partial charge in [-0.2, -0.15) is 0 Å². The number of carbonyl (C=O) groups is 2. The molecule has 0 spiro atoms. The van der Waals surface area contributed by atoms with E-state index >= 15 is 0 Å². The Morgan fingerprint density at radius 1 is 1.12 bits per heavy atom. The molecule has 0 aliphatic carbocycles. The number of thiazole rings is 1. The van der Waals surface area contributed by atoms with Crippen LogP contribution in [0.3, 0.4) is 0 Å². The summed E-state index contributed by atoms with van der Waals surface area (Å²) in [4.78, 5) is 34.5. The lowest BCUT2D eigenvalue weighted by Gasteiger charge is -2.37. The van der Waals surface area contributed by atoms with Crippen LogP contribution in [0.1, 0.15) is 5.69 Å². The molecule has 0 saturated carbocycles. The highest BCUT2D eigenvalue weighted by atomic mass is 32.1. The summed E-state index contributed by atoms with van der Waals surface area (Å²) in [6.07, 6.45) is -0.610. The summed E-state index contributed by atoms with van der Waals surface area (Å²) in [5.74, 6) is 1.07. The Hall–Kier alpha value is -3.43. The molecule has 2 amide bonds. The standard InChI is InChI=1S/C25H25N3O5S/c1-31-19-8-6-17(7-9-19)24-26-18(16-34-24)14-23(29)28-15-22(25(30)27-10-12-32-13-11-27)33-21-5-3-2-4-20(21)28/h2-9,16,22H,10-15H2,1H3/t22-/m1/s1. The number of para-hydroxylation sites is 2. The molecule has 1 aromatic heterocycles. The number of ether oxygens (including phenoxy) is 3. The van der Waals surface area contributed by atoms with Crippen LogP contribution in [-0.4, -0.2) is 67.8 Å². The highest BCUT2D eigenvalue weighted by molar-refractivity contribution is 7.13. The van der Waals surface area contributed by atoms with Crippen molar-refractivity contribution in [3.8, 4) is 22.1 Å². The zero-order valence-corrected chi connectivity index (χ0v) is 19.6. The van der Waals surface area contributed by atoms with Gasteiger partial charge >= 0.3 is 0 Å². The first kappa shape index (κ1) is 22.4. The second-order valence-electron chi connectivity index (χ2n) is 8.07. The van der Waals surface area contributed by atoms with E-state index in [1.165, 1.54) is 11.3 Å². The molecule has 5 rings (SSSR count). The number of carbonyl (C=O) groups excluding carboxylic acids is 2. The fraction of sp³-hybridized carbons (Fsp3) is 0.320. The molecule has 1 fully saturated rings. The van der Waals surface area contributed by atoms with E-state index in [-0.39, 0.29) is 24.8 Å². The highest BCUT2D eigenvalue weighted by Crippen LogP contribution is 2.34. The van der Waals surface area contributed by atoms with Crippen LogP contribution in [0, 0.1) is 0 Å². The van der Waals surface area contributed by atoms with Crippen molar-refractivity contribution in [1.82, 2.24) is 9.88 Å². The van der Waals surface area contributed by atoms with E-state index in [9.17, 15) is 9.59 Å². The van der Waals surface area contributed by atoms with Gasteiger partial charge in [-0.3, -0.25) is 9.59 Å². The van der Waals surface area contributed by atoms with Gasteiger partial charge < -0.3 is 24.0 Å². The van der Waals surface area contributed by atoms with Crippen molar-refractivity contribution in [1.29, 1.82) is 0 Å². The van der Waals surface area contributed by atoms with Crippen molar-refractivity contribution in [2.75, 3.05) is 44.9 Å². The lowest BCUT2D eigenvalue weighted by Crippen LogP contribution is -2.54. The predicted molar refractivity (Wildman–Crippen MR) is 128 cm³/mol. The topological polar surface area (TPSA) is 81.2 Å². The third kappa shape index (κ3) is 4.62. The predicted octanol–water partition coefficient (Wildman–Crippen LogP) is 3.01. The van der Waals surface area contributed by atoms with Gasteiger partial charge in [0.1, 0.15) is 16.5 Å². The Bertz CT molecular complexity index is 1170. The maximum absolute atomic E-state index is 13.4. The van der Waals surface area contributed by atoms with Crippen LogP contribution in [0.2, 0.25) is 0 Å². The first-order chi connectivity index (χ1) is 16.6. The molecule has 8 nitrogen and oxygen atoms in total. The molecule has 2 aromatic carbocycles. The number of rotatable bonds is 5. The molecule has 0 bridgehead atoms. The summed E-state index contributed by atoms with van der Waals surface area (Å²) in [6.45, 7) is 2.25. The van der Waals surface area contributed by atoms with E-state index in [4.69, 9.17) is 14.2 Å². The Balaban J connectivity index is 1.33. The molecule has 1 atom stereocenters. The second-order valence-corrected chi connectivity index (χ2v) is 8.92. The number of benzene rings is 2. The number of morpholine rings is 1. The van der Waals surface area contributed by atoms with Gasteiger partial charge in [0.2, 0.25) is 5.91 Å². The molecule has 3 heterocycles. The van der Waals surface area contributed by atoms with Gasteiger partial charge in [0.05, 0.1) is 44.7 Å². The molecular formula is C25H25N3O5S. The lowest BCUT2D eigenvalue weighted by atomic mass is 10.1. The number of hydrogen-bond acceptors (Lipinski definition) is 7. The van der Waals surface area contributed by atoms with Crippen LogP contribution in [0.5, 0.6) is 11.5 Å². The number of amides is 2. The van der Waals surface area contributed by atoms with Crippen molar-refractivity contribution >= 4 is 28.8 Å². The Morgan fingerprint density at radius 2 is 1.88 bits per heavy atom. The Kier molecular flexibility index (Phi) is 6.46. The van der Waals surface area contributed by atoms with E-state index in [0.29, 0.717) is 43.4 Å². The summed E-state index contributed by atoms with van der Waals surface area (Å²) in [5, 5.41) is 2.74. The first-order valence-electron chi connectivity index (χ1n) is 11.1. The molecule has 0 N–H and O–H groups in total. The molecule has 34 heavy (non-hydrogen) atoms. The molecule has 2 aliphatic rings. The fourth-order valence-corrected chi connectivity index (χ4v) is 4.92. The number of fused-ring (bicyclic) bond motifs is 1. The number of methoxy groups -OCH3 is 1. The van der Waals surface area contributed by atoms with E-state index in [2.05, 4.69) is 4.98 Å². The van der Waals surface area contributed by atoms with Crippen molar-refractivity contribution < 1.29 is 23.8 Å². The Morgan fingerprint density at radius 3 is 2.65 bits per heavy atom. The van der Waals surface area contributed by atoms with Crippen molar-refractivity contribution in [3.63, 3.8) is 0 Å². The van der Waals surface area contributed by atoms with Crippen LogP contribution in [0.25, 0.3) is 10.6 Å². The monoisotopic (exact) mass is 479 g/mol. The summed E-state index contributed by atoms with van der Waals surface area (Å²) >= 11 is 1.49. The Labute approximate surface area is 201 Å². The second kappa shape index (κ2) is 9.82. The van der Waals surface area contributed by atoms with Gasteiger partial charge in [-0.25, -0.2) is 4.98 Å². The van der Waals surface area contributed by atoms with E-state index in [0.717, 1.165) is 16.3 Å². The highest BCUT2D eigenvalue weighted by Gasteiger charge is 2.36. The lowest BCUT2D eigenvalue weighted by molar-refractivity contribution is -0.142. The zero-order chi connectivity index (χ0) is 23.5. The maximum atomic E-state index is 13.4. The molecule has 176 valence electrons. The summed E-state index contributed by atoms with van der Waals surface area (Å²) in [6, 6.07) is 15.0. The molecule has 2 aliphatic heterocycles. The SMILES string of the molecule is COc1ccc(-c2nc(CC(=O)N3C[C@H](C(=O)N4CCOCC4)Oc4ccccc43)cs2)cc1. The smallest absolute Gasteiger partial charge is 0.265 e. The largest absolute Gasteiger partial charge is 0.497 e. The average Bonchev–Trinajstić information content (AvgIpc) is 3.36. The third-order valence-corrected chi connectivity index (χ3v) is 6.83. The average molecular weight is 480 g/mol. The van der Waals surface area contributed by atoms with Crippen molar-refractivity contribution in [3.05, 3.63) is 59.6 Å². The van der Waals surface area contributed by atoms with Crippen LogP contribution in [0.4, 0.5) is 5.69 Å². The normalized spacial score (nSPS) is 17.6. The van der Waals surface area contributed by atoms with E-state index in [1.54, 1.807) is 23.0 Å². The first-order valence-corrected chi connectivity index (χ1v) is 12.0. The quantitative estimate of drug-likeness (QED) is 0.560. The number of hydrogen-bond donors (Lipinski definition) is 0. The third-order valence-electron chi connectivity index (χ3n) is 5.89. The van der Waals surface area contributed by atoms with Gasteiger partial charge in [-0.1, -0.05) is 12.1 Å². The zero-order valence-electron chi connectivity index (χ0n) is 18.8. The molecule has 1 saturated heterocycles. The molecule has 0 unspecified atom stereocenters. The van der Waals surface area contributed by atoms with Gasteiger partial charge in [-0.05, 0) is 36.4 Å². The fourth-order valence-electron chi connectivity index (χ4n) is 4.09. The van der Waals surface area contributed by atoms with E-state index < -0.39 is 6.10 Å². The van der Waals surface area contributed by atoms with Crippen LogP contribution in [0.15, 0.2) is 53.9 Å². The molecule has 0 radical (unpaired) electrons. The molecular weight excluding hydrogens is 454 g/mol. The number of nitrogens with zero attached hydrogens (tertiary/aromatic N) is 3. The number of aromatic nitrogens is 1. The van der Waals surface area contributed by atoms with Gasteiger partial charge in [0.25, 0.3) is 5.91 Å².